The first-order chi connectivity index (χ1) is 14.5. The van der Waals surface area contributed by atoms with Crippen LogP contribution in [0.4, 0.5) is 14.9 Å². The molecule has 3 rings (SSSR count). The number of nitrogens with one attached hydrogen (secondary N) is 2. The van der Waals surface area contributed by atoms with Crippen LogP contribution in [-0.2, 0) is 4.74 Å². The van der Waals surface area contributed by atoms with E-state index >= 15 is 0 Å². The van der Waals surface area contributed by atoms with E-state index in [4.69, 9.17) is 4.74 Å². The van der Waals surface area contributed by atoms with Crippen LogP contribution in [0.3, 0.4) is 0 Å². The second-order valence-electron chi connectivity index (χ2n) is 7.10. The van der Waals surface area contributed by atoms with Crippen molar-refractivity contribution in [3.63, 3.8) is 0 Å². The highest BCUT2D eigenvalue weighted by molar-refractivity contribution is 7.20. The van der Waals surface area contributed by atoms with Gasteiger partial charge in [0.2, 0.25) is 5.13 Å². The second-order valence-corrected chi connectivity index (χ2v) is 8.10. The number of aryl methyl sites for hydroxylation is 1. The van der Waals surface area contributed by atoms with Crippen LogP contribution in [0, 0.1) is 6.92 Å². The molecule has 1 heterocycles. The van der Waals surface area contributed by atoms with Gasteiger partial charge in [-0.05, 0) is 30.9 Å². The van der Waals surface area contributed by atoms with Crippen molar-refractivity contribution in [2.45, 2.75) is 33.6 Å². The van der Waals surface area contributed by atoms with Crippen LogP contribution < -0.4 is 10.7 Å². The first kappa shape index (κ1) is 21.5. The van der Waals surface area contributed by atoms with Crippen molar-refractivity contribution in [2.75, 3.05) is 17.3 Å². The van der Waals surface area contributed by atoms with E-state index in [-0.39, 0.29) is 0 Å². The smallest absolute Gasteiger partial charge is 0.412 e. The summed E-state index contributed by atoms with van der Waals surface area (Å²) in [7, 11) is 0. The van der Waals surface area contributed by atoms with Gasteiger partial charge in [0.15, 0.2) is 0 Å². The van der Waals surface area contributed by atoms with Crippen molar-refractivity contribution in [1.29, 1.82) is 0 Å². The van der Waals surface area contributed by atoms with Gasteiger partial charge in [-0.1, -0.05) is 79.3 Å². The molecule has 3 aromatic rings. The molecule has 0 spiro atoms. The topological polar surface area (TPSA) is 75.6 Å². The summed E-state index contributed by atoms with van der Waals surface area (Å²) in [6.45, 7) is 8.43. The lowest BCUT2D eigenvalue weighted by atomic mass is 10.0. The van der Waals surface area contributed by atoms with Crippen molar-refractivity contribution in [3.05, 3.63) is 65.2 Å². The lowest BCUT2D eigenvalue weighted by molar-refractivity contribution is 0.168. The summed E-state index contributed by atoms with van der Waals surface area (Å²) in [4.78, 5) is 16.5. The lowest BCUT2D eigenvalue weighted by Gasteiger charge is -2.05. The minimum Gasteiger partial charge on any atom is -0.450 e. The summed E-state index contributed by atoms with van der Waals surface area (Å²) in [5, 5.41) is 8.25. The van der Waals surface area contributed by atoms with Crippen LogP contribution in [-0.4, -0.2) is 23.9 Å². The number of hydrazone groups is 1. The first-order valence-electron chi connectivity index (χ1n) is 9.87. The van der Waals surface area contributed by atoms with Crippen LogP contribution in [0.25, 0.3) is 11.3 Å². The summed E-state index contributed by atoms with van der Waals surface area (Å²) >= 11 is 1.31. The standard InChI is InChI=1S/C23H26N4O2S/c1-5-29-23(28)26-21-20(19-10-6-16(4)7-11-19)25-22(30-21)27-24-14-17-8-12-18(13-9-17)15(2)3/h6-15H,5H2,1-4H3,(H,25,27)(H,26,28). The van der Waals surface area contributed by atoms with Crippen molar-refractivity contribution >= 4 is 33.8 Å². The molecule has 7 heteroatoms. The van der Waals surface area contributed by atoms with Crippen LogP contribution in [0.1, 0.15) is 43.4 Å². The molecule has 0 fully saturated rings. The van der Waals surface area contributed by atoms with Gasteiger partial charge in [0.1, 0.15) is 10.7 Å². The molecule has 1 amide bonds. The molecule has 0 atom stereocenters. The molecule has 1 aromatic heterocycles. The molecule has 156 valence electrons. The molecular formula is C23H26N4O2S. The van der Waals surface area contributed by atoms with E-state index in [1.165, 1.54) is 16.9 Å². The Hall–Kier alpha value is -3.19. The fourth-order valence-corrected chi connectivity index (χ4v) is 3.57. The fraction of sp³-hybridized carbons (Fsp3) is 0.261. The molecular weight excluding hydrogens is 396 g/mol. The number of carbonyl (C=O) groups excluding carboxylic acids is 1. The molecule has 0 bridgehead atoms. The number of hydrogen-bond acceptors (Lipinski definition) is 6. The molecule has 2 aromatic carbocycles. The number of ether oxygens (including phenoxy) is 1. The molecule has 0 aliphatic rings. The maximum Gasteiger partial charge on any atom is 0.412 e. The van der Waals surface area contributed by atoms with Gasteiger partial charge in [0.25, 0.3) is 0 Å². The molecule has 0 saturated heterocycles. The monoisotopic (exact) mass is 422 g/mol. The normalized spacial score (nSPS) is 11.1. The number of anilines is 2. The SMILES string of the molecule is CCOC(=O)Nc1sc(NN=Cc2ccc(C(C)C)cc2)nc1-c1ccc(C)cc1. The Bertz CT molecular complexity index is 1010. The quantitative estimate of drug-likeness (QED) is 0.348. The number of amides is 1. The van der Waals surface area contributed by atoms with E-state index in [9.17, 15) is 4.79 Å². The summed E-state index contributed by atoms with van der Waals surface area (Å²) in [6.07, 6.45) is 1.24. The van der Waals surface area contributed by atoms with E-state index in [1.807, 2.05) is 43.3 Å². The molecule has 6 nitrogen and oxygen atoms in total. The molecule has 0 radical (unpaired) electrons. The van der Waals surface area contributed by atoms with Crippen LogP contribution in [0.5, 0.6) is 0 Å². The zero-order valence-corrected chi connectivity index (χ0v) is 18.4. The van der Waals surface area contributed by atoms with E-state index in [2.05, 4.69) is 46.8 Å². The first-order valence-corrected chi connectivity index (χ1v) is 10.7. The van der Waals surface area contributed by atoms with Gasteiger partial charge in [-0.25, -0.2) is 9.78 Å². The molecule has 0 aliphatic carbocycles. The lowest BCUT2D eigenvalue weighted by Crippen LogP contribution is -2.12. The highest BCUT2D eigenvalue weighted by Crippen LogP contribution is 2.36. The summed E-state index contributed by atoms with van der Waals surface area (Å²) in [5.41, 5.74) is 7.98. The zero-order valence-electron chi connectivity index (χ0n) is 17.6. The largest absolute Gasteiger partial charge is 0.450 e. The van der Waals surface area contributed by atoms with Gasteiger partial charge in [-0.3, -0.25) is 10.7 Å². The summed E-state index contributed by atoms with van der Waals surface area (Å²) in [5.74, 6) is 0.495. The number of thiazole rings is 1. The number of carbonyl (C=O) groups is 1. The van der Waals surface area contributed by atoms with E-state index in [1.54, 1.807) is 13.1 Å². The van der Waals surface area contributed by atoms with Gasteiger partial charge in [0.05, 0.1) is 12.8 Å². The third-order valence-corrected chi connectivity index (χ3v) is 5.30. The number of benzene rings is 2. The Balaban J connectivity index is 1.78. The predicted octanol–water partition coefficient (Wildman–Crippen LogP) is 6.26. The van der Waals surface area contributed by atoms with Crippen LogP contribution in [0.15, 0.2) is 53.6 Å². The van der Waals surface area contributed by atoms with E-state index < -0.39 is 6.09 Å². The maximum atomic E-state index is 11.9. The second kappa shape index (κ2) is 10.0. The van der Waals surface area contributed by atoms with Crippen LogP contribution >= 0.6 is 11.3 Å². The number of aromatic nitrogens is 1. The van der Waals surface area contributed by atoms with Gasteiger partial charge in [-0.2, -0.15) is 5.10 Å². The maximum absolute atomic E-state index is 11.9. The Kier molecular flexibility index (Phi) is 7.19. The molecule has 0 aliphatic heterocycles. The Morgan fingerprint density at radius 3 is 2.50 bits per heavy atom. The van der Waals surface area contributed by atoms with Gasteiger partial charge >= 0.3 is 6.09 Å². The minimum absolute atomic E-state index is 0.301. The fourth-order valence-electron chi connectivity index (χ4n) is 2.75. The average Bonchev–Trinajstić information content (AvgIpc) is 3.11. The third-order valence-electron chi connectivity index (χ3n) is 4.42. The molecule has 0 saturated carbocycles. The van der Waals surface area contributed by atoms with Gasteiger partial charge < -0.3 is 4.74 Å². The van der Waals surface area contributed by atoms with Crippen molar-refractivity contribution in [3.8, 4) is 11.3 Å². The Morgan fingerprint density at radius 2 is 1.87 bits per heavy atom. The highest BCUT2D eigenvalue weighted by Gasteiger charge is 2.16. The molecule has 0 unspecified atom stereocenters. The van der Waals surface area contributed by atoms with E-state index in [0.717, 1.165) is 16.7 Å². The predicted molar refractivity (Wildman–Crippen MR) is 125 cm³/mol. The Morgan fingerprint density at radius 1 is 1.17 bits per heavy atom. The summed E-state index contributed by atoms with van der Waals surface area (Å²) in [6, 6.07) is 16.2. The zero-order chi connectivity index (χ0) is 21.5. The van der Waals surface area contributed by atoms with Crippen molar-refractivity contribution < 1.29 is 9.53 Å². The third kappa shape index (κ3) is 5.67. The molecule has 2 N–H and O–H groups in total. The van der Waals surface area contributed by atoms with Crippen molar-refractivity contribution in [2.24, 2.45) is 5.10 Å². The number of hydrogen-bond donors (Lipinski definition) is 2. The average molecular weight is 423 g/mol. The van der Waals surface area contributed by atoms with Gasteiger partial charge in [0, 0.05) is 5.56 Å². The number of nitrogens with zero attached hydrogens (tertiary/aromatic N) is 2. The number of rotatable bonds is 7. The summed E-state index contributed by atoms with van der Waals surface area (Å²) < 4.78 is 5.01. The molecule has 30 heavy (non-hydrogen) atoms. The highest BCUT2D eigenvalue weighted by atomic mass is 32.1. The van der Waals surface area contributed by atoms with Gasteiger partial charge in [-0.15, -0.1) is 0 Å². The van der Waals surface area contributed by atoms with Crippen molar-refractivity contribution in [1.82, 2.24) is 4.98 Å². The minimum atomic E-state index is -0.505. The van der Waals surface area contributed by atoms with E-state index in [0.29, 0.717) is 28.4 Å². The van der Waals surface area contributed by atoms with Crippen LogP contribution in [0.2, 0.25) is 0 Å². The Labute approximate surface area is 181 Å².